The lowest BCUT2D eigenvalue weighted by atomic mass is 9.78. The summed E-state index contributed by atoms with van der Waals surface area (Å²) in [4.78, 5) is 0. The Kier molecular flexibility index (Phi) is 5.15. The molecule has 0 heterocycles. The maximum absolute atomic E-state index is 13.4. The van der Waals surface area contributed by atoms with Crippen LogP contribution >= 0.6 is 0 Å². The third kappa shape index (κ3) is 3.70. The summed E-state index contributed by atoms with van der Waals surface area (Å²) in [5.74, 6) is 0.542. The summed E-state index contributed by atoms with van der Waals surface area (Å²) in [5.41, 5.74) is 0.796. The summed E-state index contributed by atoms with van der Waals surface area (Å²) < 4.78 is 18.8. The molecule has 0 radical (unpaired) electrons. The predicted molar refractivity (Wildman–Crippen MR) is 73.7 cm³/mol. The van der Waals surface area contributed by atoms with Gasteiger partial charge in [0, 0.05) is 11.6 Å². The van der Waals surface area contributed by atoms with Gasteiger partial charge in [0.05, 0.1) is 7.11 Å². The smallest absolute Gasteiger partial charge is 0.123 e. The fraction of sp³-hybridized carbons (Fsp3) is 0.600. The van der Waals surface area contributed by atoms with Crippen LogP contribution in [0.2, 0.25) is 0 Å². The zero-order valence-electron chi connectivity index (χ0n) is 12.0. The average Bonchev–Trinajstić information content (AvgIpc) is 2.28. The van der Waals surface area contributed by atoms with E-state index in [-0.39, 0.29) is 11.2 Å². The van der Waals surface area contributed by atoms with Crippen LogP contribution in [-0.4, -0.2) is 19.7 Å². The number of rotatable bonds is 6. The monoisotopic (exact) mass is 253 g/mol. The molecule has 1 N–H and O–H groups in total. The first-order chi connectivity index (χ1) is 8.40. The Morgan fingerprint density at radius 2 is 2.06 bits per heavy atom. The molecule has 0 saturated carbocycles. The molecule has 1 atom stereocenters. The molecule has 0 aliphatic carbocycles. The molecule has 18 heavy (non-hydrogen) atoms. The molecule has 102 valence electrons. The van der Waals surface area contributed by atoms with Gasteiger partial charge in [0.2, 0.25) is 0 Å². The second kappa shape index (κ2) is 6.19. The molecule has 0 aromatic heterocycles. The SMILES string of the molecule is CCNC(C)CC(C)(C)c1cc(F)ccc1OC. The highest BCUT2D eigenvalue weighted by molar-refractivity contribution is 5.39. The van der Waals surface area contributed by atoms with Crippen molar-refractivity contribution in [2.75, 3.05) is 13.7 Å². The zero-order chi connectivity index (χ0) is 13.8. The Hall–Kier alpha value is -1.09. The highest BCUT2D eigenvalue weighted by Crippen LogP contribution is 2.35. The molecule has 0 aliphatic rings. The van der Waals surface area contributed by atoms with E-state index in [1.54, 1.807) is 19.2 Å². The van der Waals surface area contributed by atoms with Crippen LogP contribution in [0.4, 0.5) is 4.39 Å². The standard InChI is InChI=1S/C15H24FNO/c1-6-17-11(2)10-15(3,4)13-9-12(16)7-8-14(13)18-5/h7-9,11,17H,6,10H2,1-5H3. The first-order valence-electron chi connectivity index (χ1n) is 6.48. The molecule has 0 aliphatic heterocycles. The number of hydrogen-bond donors (Lipinski definition) is 1. The topological polar surface area (TPSA) is 21.3 Å². The third-order valence-electron chi connectivity index (χ3n) is 3.26. The van der Waals surface area contributed by atoms with Crippen LogP contribution in [0, 0.1) is 5.82 Å². The van der Waals surface area contributed by atoms with Gasteiger partial charge >= 0.3 is 0 Å². The average molecular weight is 253 g/mol. The summed E-state index contributed by atoms with van der Waals surface area (Å²) in [6, 6.07) is 5.10. The maximum Gasteiger partial charge on any atom is 0.123 e. The number of ether oxygens (including phenoxy) is 1. The first-order valence-corrected chi connectivity index (χ1v) is 6.48. The molecule has 0 bridgehead atoms. The van der Waals surface area contributed by atoms with E-state index in [2.05, 4.69) is 33.0 Å². The summed E-state index contributed by atoms with van der Waals surface area (Å²) in [5, 5.41) is 3.39. The molecule has 1 aromatic carbocycles. The van der Waals surface area contributed by atoms with E-state index in [1.807, 2.05) is 0 Å². The lowest BCUT2D eigenvalue weighted by Gasteiger charge is -2.30. The summed E-state index contributed by atoms with van der Waals surface area (Å²) in [7, 11) is 1.63. The number of methoxy groups -OCH3 is 1. The number of hydrogen-bond acceptors (Lipinski definition) is 2. The second-order valence-electron chi connectivity index (χ2n) is 5.39. The molecule has 0 saturated heterocycles. The van der Waals surface area contributed by atoms with Gasteiger partial charge in [0.25, 0.3) is 0 Å². The van der Waals surface area contributed by atoms with Crippen LogP contribution < -0.4 is 10.1 Å². The van der Waals surface area contributed by atoms with Gasteiger partial charge in [-0.05, 0) is 43.5 Å². The van der Waals surface area contributed by atoms with Crippen LogP contribution in [0.15, 0.2) is 18.2 Å². The molecule has 0 fully saturated rings. The lowest BCUT2D eigenvalue weighted by molar-refractivity contribution is 0.359. The normalized spacial score (nSPS) is 13.4. The first kappa shape index (κ1) is 15.0. The van der Waals surface area contributed by atoms with Gasteiger partial charge in [-0.3, -0.25) is 0 Å². The van der Waals surface area contributed by atoms with E-state index < -0.39 is 0 Å². The van der Waals surface area contributed by atoms with E-state index in [0.717, 1.165) is 24.3 Å². The fourth-order valence-corrected chi connectivity index (χ4v) is 2.51. The van der Waals surface area contributed by atoms with Crippen LogP contribution in [0.1, 0.15) is 39.7 Å². The highest BCUT2D eigenvalue weighted by atomic mass is 19.1. The molecular formula is C15H24FNO. The Balaban J connectivity index is 2.99. The van der Waals surface area contributed by atoms with Gasteiger partial charge in [-0.1, -0.05) is 20.8 Å². The number of benzene rings is 1. The van der Waals surface area contributed by atoms with Crippen molar-refractivity contribution in [1.82, 2.24) is 5.32 Å². The van der Waals surface area contributed by atoms with E-state index in [1.165, 1.54) is 6.07 Å². The van der Waals surface area contributed by atoms with Crippen molar-refractivity contribution >= 4 is 0 Å². The quantitative estimate of drug-likeness (QED) is 0.837. The van der Waals surface area contributed by atoms with Gasteiger partial charge in [-0.25, -0.2) is 4.39 Å². The Labute approximate surface area is 110 Å². The minimum absolute atomic E-state index is 0.130. The highest BCUT2D eigenvalue weighted by Gasteiger charge is 2.26. The van der Waals surface area contributed by atoms with E-state index in [4.69, 9.17) is 4.74 Å². The minimum Gasteiger partial charge on any atom is -0.496 e. The van der Waals surface area contributed by atoms with Gasteiger partial charge in [0.15, 0.2) is 0 Å². The summed E-state index contributed by atoms with van der Waals surface area (Å²) >= 11 is 0. The molecule has 0 amide bonds. The third-order valence-corrected chi connectivity index (χ3v) is 3.26. The fourth-order valence-electron chi connectivity index (χ4n) is 2.51. The van der Waals surface area contributed by atoms with Gasteiger partial charge in [0.1, 0.15) is 11.6 Å². The summed E-state index contributed by atoms with van der Waals surface area (Å²) in [6.45, 7) is 9.43. The van der Waals surface area contributed by atoms with E-state index in [0.29, 0.717) is 6.04 Å². The van der Waals surface area contributed by atoms with Crippen molar-refractivity contribution in [3.8, 4) is 5.75 Å². The van der Waals surface area contributed by atoms with Gasteiger partial charge < -0.3 is 10.1 Å². The van der Waals surface area contributed by atoms with Crippen LogP contribution in [0.3, 0.4) is 0 Å². The van der Waals surface area contributed by atoms with Crippen molar-refractivity contribution in [2.24, 2.45) is 0 Å². The molecule has 2 nitrogen and oxygen atoms in total. The summed E-state index contributed by atoms with van der Waals surface area (Å²) in [6.07, 6.45) is 0.931. The molecule has 1 rings (SSSR count). The second-order valence-corrected chi connectivity index (χ2v) is 5.39. The minimum atomic E-state index is -0.213. The van der Waals surface area contributed by atoms with Crippen molar-refractivity contribution < 1.29 is 9.13 Å². The van der Waals surface area contributed by atoms with E-state index >= 15 is 0 Å². The van der Waals surface area contributed by atoms with Crippen molar-refractivity contribution in [1.29, 1.82) is 0 Å². The molecule has 1 aromatic rings. The van der Waals surface area contributed by atoms with Crippen molar-refractivity contribution in [3.63, 3.8) is 0 Å². The molecule has 1 unspecified atom stereocenters. The van der Waals surface area contributed by atoms with Gasteiger partial charge in [-0.15, -0.1) is 0 Å². The molecule has 3 heteroatoms. The van der Waals surface area contributed by atoms with Crippen molar-refractivity contribution in [2.45, 2.75) is 45.6 Å². The van der Waals surface area contributed by atoms with Crippen LogP contribution in [0.25, 0.3) is 0 Å². The Morgan fingerprint density at radius 3 is 2.61 bits per heavy atom. The van der Waals surface area contributed by atoms with Crippen molar-refractivity contribution in [3.05, 3.63) is 29.6 Å². The zero-order valence-corrected chi connectivity index (χ0v) is 12.0. The number of halogens is 1. The van der Waals surface area contributed by atoms with Crippen LogP contribution in [-0.2, 0) is 5.41 Å². The maximum atomic E-state index is 13.4. The van der Waals surface area contributed by atoms with Gasteiger partial charge in [-0.2, -0.15) is 0 Å². The Bertz CT molecular complexity index is 390. The Morgan fingerprint density at radius 1 is 1.39 bits per heavy atom. The molecular weight excluding hydrogens is 229 g/mol. The van der Waals surface area contributed by atoms with E-state index in [9.17, 15) is 4.39 Å². The molecule has 0 spiro atoms. The van der Waals surface area contributed by atoms with Crippen LogP contribution in [0.5, 0.6) is 5.75 Å². The predicted octanol–water partition coefficient (Wildman–Crippen LogP) is 3.50. The number of nitrogens with one attached hydrogen (secondary N) is 1. The largest absolute Gasteiger partial charge is 0.496 e. The lowest BCUT2D eigenvalue weighted by Crippen LogP contribution is -2.33.